The molecule has 2 aromatic heterocycles. The second kappa shape index (κ2) is 4.44. The highest BCUT2D eigenvalue weighted by Crippen LogP contribution is 2.19. The molecule has 0 bridgehead atoms. The average Bonchev–Trinajstić information content (AvgIpc) is 2.52. The topological polar surface area (TPSA) is 52.8 Å². The number of hydrogen-bond donors (Lipinski definition) is 0. The molecule has 1 atom stereocenters. The first kappa shape index (κ1) is 11.4. The minimum atomic E-state index is 0.420. The molecule has 0 aliphatic heterocycles. The Balaban J connectivity index is 2.59. The molecular formula is C10H15N4OP. The Hall–Kier alpha value is -1.06. The second-order valence-electron chi connectivity index (χ2n) is 3.64. The van der Waals surface area contributed by atoms with E-state index in [1.165, 1.54) is 0 Å². The number of aryl methyl sites for hydroxylation is 3. The lowest BCUT2D eigenvalue weighted by Crippen LogP contribution is -2.05. The summed E-state index contributed by atoms with van der Waals surface area (Å²) >= 11 is 0. The second-order valence-corrected chi connectivity index (χ2v) is 3.97. The van der Waals surface area contributed by atoms with Gasteiger partial charge in [-0.15, -0.1) is 9.24 Å². The molecule has 16 heavy (non-hydrogen) atoms. The fourth-order valence-electron chi connectivity index (χ4n) is 1.81. The standard InChI is InChI=1S/C10H15N4OP/c1-6-9-7(2)13-14(4-15-5-16)10(9)12-8(3)11-6/h4-5,16H2,1-3H3. The monoisotopic (exact) mass is 238 g/mol. The van der Waals surface area contributed by atoms with E-state index in [9.17, 15) is 0 Å². The molecule has 2 aromatic rings. The lowest BCUT2D eigenvalue weighted by Gasteiger charge is -2.03. The molecule has 0 fully saturated rings. The average molecular weight is 238 g/mol. The molecule has 6 heteroatoms. The Kier molecular flexibility index (Phi) is 3.17. The van der Waals surface area contributed by atoms with Crippen molar-refractivity contribution in [3.8, 4) is 0 Å². The number of aromatic nitrogens is 4. The summed E-state index contributed by atoms with van der Waals surface area (Å²) in [5.41, 5.74) is 2.76. The van der Waals surface area contributed by atoms with Crippen LogP contribution < -0.4 is 0 Å². The first-order chi connectivity index (χ1) is 7.63. The quantitative estimate of drug-likeness (QED) is 0.761. The maximum absolute atomic E-state index is 5.32. The summed E-state index contributed by atoms with van der Waals surface area (Å²) in [5.74, 6) is 0.761. The summed E-state index contributed by atoms with van der Waals surface area (Å²) in [6, 6.07) is 0. The first-order valence-electron chi connectivity index (χ1n) is 5.09. The zero-order chi connectivity index (χ0) is 11.7. The zero-order valence-electron chi connectivity index (χ0n) is 9.69. The normalized spacial score (nSPS) is 11.2. The molecule has 0 spiro atoms. The predicted octanol–water partition coefficient (Wildman–Crippen LogP) is 1.56. The van der Waals surface area contributed by atoms with Gasteiger partial charge in [-0.3, -0.25) is 0 Å². The van der Waals surface area contributed by atoms with Gasteiger partial charge in [0.1, 0.15) is 12.6 Å². The SMILES string of the molecule is Cc1nc(C)c2c(C)nn(COCP)c2n1. The van der Waals surface area contributed by atoms with E-state index < -0.39 is 0 Å². The Morgan fingerprint density at radius 3 is 2.62 bits per heavy atom. The van der Waals surface area contributed by atoms with E-state index in [0.29, 0.717) is 13.1 Å². The summed E-state index contributed by atoms with van der Waals surface area (Å²) in [5, 5.41) is 5.44. The molecule has 0 saturated heterocycles. The highest BCUT2D eigenvalue weighted by molar-refractivity contribution is 7.16. The lowest BCUT2D eigenvalue weighted by molar-refractivity contribution is 0.110. The molecule has 0 N–H and O–H groups in total. The molecule has 0 aliphatic carbocycles. The fraction of sp³-hybridized carbons (Fsp3) is 0.500. The van der Waals surface area contributed by atoms with Crippen LogP contribution in [0.3, 0.4) is 0 Å². The molecule has 5 nitrogen and oxygen atoms in total. The van der Waals surface area contributed by atoms with Crippen molar-refractivity contribution in [1.29, 1.82) is 0 Å². The Labute approximate surface area is 96.4 Å². The Bertz CT molecular complexity index is 523. The zero-order valence-corrected chi connectivity index (χ0v) is 10.8. The van der Waals surface area contributed by atoms with Crippen molar-refractivity contribution in [3.05, 3.63) is 17.2 Å². The van der Waals surface area contributed by atoms with Crippen LogP contribution in [-0.2, 0) is 11.5 Å². The highest BCUT2D eigenvalue weighted by atomic mass is 31.0. The number of ether oxygens (including phenoxy) is 1. The molecule has 0 amide bonds. The molecule has 2 heterocycles. The van der Waals surface area contributed by atoms with Crippen LogP contribution in [0.4, 0.5) is 0 Å². The summed E-state index contributed by atoms with van der Waals surface area (Å²) < 4.78 is 7.10. The highest BCUT2D eigenvalue weighted by Gasteiger charge is 2.12. The largest absolute Gasteiger partial charge is 0.355 e. The number of rotatable bonds is 3. The summed E-state index contributed by atoms with van der Waals surface area (Å²) in [4.78, 5) is 8.76. The van der Waals surface area contributed by atoms with E-state index in [1.807, 2.05) is 20.8 Å². The van der Waals surface area contributed by atoms with Crippen LogP contribution >= 0.6 is 9.24 Å². The minimum Gasteiger partial charge on any atom is -0.355 e. The number of nitrogens with zero attached hydrogens (tertiary/aromatic N) is 4. The van der Waals surface area contributed by atoms with Gasteiger partial charge in [0, 0.05) is 0 Å². The van der Waals surface area contributed by atoms with E-state index in [2.05, 4.69) is 24.3 Å². The van der Waals surface area contributed by atoms with Gasteiger partial charge in [-0.1, -0.05) is 0 Å². The van der Waals surface area contributed by atoms with Crippen LogP contribution in [0.15, 0.2) is 0 Å². The molecule has 0 saturated carbocycles. The maximum atomic E-state index is 5.32. The minimum absolute atomic E-state index is 0.420. The molecule has 0 radical (unpaired) electrons. The van der Waals surface area contributed by atoms with Gasteiger partial charge in [-0.25, -0.2) is 14.6 Å². The van der Waals surface area contributed by atoms with Crippen LogP contribution in [0.2, 0.25) is 0 Å². The van der Waals surface area contributed by atoms with Gasteiger partial charge in [0.2, 0.25) is 0 Å². The first-order valence-corrected chi connectivity index (χ1v) is 5.91. The van der Waals surface area contributed by atoms with Gasteiger partial charge in [-0.2, -0.15) is 5.10 Å². The Morgan fingerprint density at radius 2 is 1.94 bits per heavy atom. The van der Waals surface area contributed by atoms with Crippen LogP contribution in [0.25, 0.3) is 11.0 Å². The van der Waals surface area contributed by atoms with Crippen molar-refractivity contribution in [2.24, 2.45) is 0 Å². The molecular weight excluding hydrogens is 223 g/mol. The third kappa shape index (κ3) is 1.93. The lowest BCUT2D eigenvalue weighted by atomic mass is 10.2. The smallest absolute Gasteiger partial charge is 0.164 e. The van der Waals surface area contributed by atoms with Crippen LogP contribution in [0, 0.1) is 20.8 Å². The van der Waals surface area contributed by atoms with Crippen molar-refractivity contribution >= 4 is 20.3 Å². The van der Waals surface area contributed by atoms with Crippen molar-refractivity contribution in [2.75, 3.05) is 6.35 Å². The van der Waals surface area contributed by atoms with Gasteiger partial charge in [0.25, 0.3) is 0 Å². The maximum Gasteiger partial charge on any atom is 0.164 e. The molecule has 1 unspecified atom stereocenters. The van der Waals surface area contributed by atoms with Gasteiger partial charge < -0.3 is 4.74 Å². The van der Waals surface area contributed by atoms with Gasteiger partial charge in [-0.05, 0) is 20.8 Å². The van der Waals surface area contributed by atoms with Gasteiger partial charge >= 0.3 is 0 Å². The third-order valence-electron chi connectivity index (χ3n) is 2.39. The van der Waals surface area contributed by atoms with Crippen molar-refractivity contribution in [1.82, 2.24) is 19.7 Å². The summed E-state index contributed by atoms with van der Waals surface area (Å²) in [6.45, 7) is 6.25. The summed E-state index contributed by atoms with van der Waals surface area (Å²) in [6.07, 6.45) is 0.587. The molecule has 2 rings (SSSR count). The fourth-order valence-corrected chi connectivity index (χ4v) is 1.92. The van der Waals surface area contributed by atoms with Crippen molar-refractivity contribution in [3.63, 3.8) is 0 Å². The molecule has 0 aromatic carbocycles. The van der Waals surface area contributed by atoms with Crippen molar-refractivity contribution in [2.45, 2.75) is 27.5 Å². The number of fused-ring (bicyclic) bond motifs is 1. The molecule has 86 valence electrons. The number of hydrogen-bond acceptors (Lipinski definition) is 4. The van der Waals surface area contributed by atoms with E-state index >= 15 is 0 Å². The Morgan fingerprint density at radius 1 is 1.19 bits per heavy atom. The summed E-state index contributed by atoms with van der Waals surface area (Å²) in [7, 11) is 2.52. The van der Waals surface area contributed by atoms with Crippen molar-refractivity contribution < 1.29 is 4.74 Å². The third-order valence-corrected chi connectivity index (χ3v) is 2.63. The van der Waals surface area contributed by atoms with E-state index in [1.54, 1.807) is 4.68 Å². The van der Waals surface area contributed by atoms with E-state index in [4.69, 9.17) is 4.74 Å². The van der Waals surface area contributed by atoms with E-state index in [-0.39, 0.29) is 0 Å². The van der Waals surface area contributed by atoms with Gasteiger partial charge in [0.05, 0.1) is 23.1 Å². The van der Waals surface area contributed by atoms with Crippen LogP contribution in [-0.4, -0.2) is 26.1 Å². The van der Waals surface area contributed by atoms with Gasteiger partial charge in [0.15, 0.2) is 5.65 Å². The predicted molar refractivity (Wildman–Crippen MR) is 65.2 cm³/mol. The van der Waals surface area contributed by atoms with Crippen LogP contribution in [0.1, 0.15) is 17.2 Å². The van der Waals surface area contributed by atoms with E-state index in [0.717, 1.165) is 28.2 Å². The molecule has 0 aliphatic rings. The van der Waals surface area contributed by atoms with Crippen LogP contribution in [0.5, 0.6) is 0 Å².